The molecule has 0 amide bonds. The van der Waals surface area contributed by atoms with E-state index in [1.54, 1.807) is 0 Å². The predicted molar refractivity (Wildman–Crippen MR) is 74.3 cm³/mol. The Kier molecular flexibility index (Phi) is 4.87. The molecule has 0 radical (unpaired) electrons. The Morgan fingerprint density at radius 1 is 1.12 bits per heavy atom. The smallest absolute Gasteiger partial charge is 0.0124 e. The molecule has 2 fully saturated rings. The number of hydrogen-bond acceptors (Lipinski definition) is 2. The molecule has 1 heterocycles. The van der Waals surface area contributed by atoms with Crippen LogP contribution in [-0.2, 0) is 0 Å². The van der Waals surface area contributed by atoms with E-state index in [2.05, 4.69) is 31.0 Å². The summed E-state index contributed by atoms with van der Waals surface area (Å²) in [5.74, 6) is 0.918. The van der Waals surface area contributed by atoms with Crippen molar-refractivity contribution in [2.45, 2.75) is 77.4 Å². The summed E-state index contributed by atoms with van der Waals surface area (Å²) in [7, 11) is 0. The largest absolute Gasteiger partial charge is 0.314 e. The lowest BCUT2D eigenvalue weighted by Crippen LogP contribution is -2.53. The molecular weight excluding hydrogens is 208 g/mol. The zero-order chi connectivity index (χ0) is 12.3. The van der Waals surface area contributed by atoms with Gasteiger partial charge in [-0.2, -0.15) is 0 Å². The Bertz CT molecular complexity index is 229. The van der Waals surface area contributed by atoms with Gasteiger partial charge in [0.25, 0.3) is 0 Å². The van der Waals surface area contributed by atoms with Gasteiger partial charge in [-0.1, -0.05) is 26.7 Å². The van der Waals surface area contributed by atoms with Gasteiger partial charge in [0.15, 0.2) is 0 Å². The number of nitrogens with zero attached hydrogens (tertiary/aromatic N) is 1. The fourth-order valence-electron chi connectivity index (χ4n) is 3.95. The van der Waals surface area contributed by atoms with Crippen molar-refractivity contribution in [2.24, 2.45) is 5.92 Å². The lowest BCUT2D eigenvalue weighted by Gasteiger charge is -2.46. The molecule has 0 aromatic rings. The van der Waals surface area contributed by atoms with Gasteiger partial charge in [0.2, 0.25) is 0 Å². The second-order valence-corrected chi connectivity index (χ2v) is 6.19. The molecular formula is C15H30N2. The number of nitrogens with one attached hydrogen (secondary N) is 1. The third kappa shape index (κ3) is 3.23. The van der Waals surface area contributed by atoms with Crippen LogP contribution in [0.25, 0.3) is 0 Å². The van der Waals surface area contributed by atoms with Crippen LogP contribution in [0.3, 0.4) is 0 Å². The van der Waals surface area contributed by atoms with E-state index in [1.165, 1.54) is 45.1 Å². The Balaban J connectivity index is 1.89. The number of hydrogen-bond donors (Lipinski definition) is 1. The minimum absolute atomic E-state index is 0.769. The van der Waals surface area contributed by atoms with E-state index in [4.69, 9.17) is 0 Å². The van der Waals surface area contributed by atoms with E-state index in [0.717, 1.165) is 30.6 Å². The molecule has 0 aromatic heterocycles. The SMILES string of the molecule is CCNC1CCN(C2CCCCC2C)C(C)C1. The molecule has 2 rings (SSSR count). The molecule has 1 aliphatic carbocycles. The molecule has 4 atom stereocenters. The van der Waals surface area contributed by atoms with Crippen molar-refractivity contribution in [3.63, 3.8) is 0 Å². The Labute approximate surface area is 107 Å². The van der Waals surface area contributed by atoms with Crippen molar-refractivity contribution in [2.75, 3.05) is 13.1 Å². The predicted octanol–water partition coefficient (Wildman–Crippen LogP) is 3.03. The lowest BCUT2D eigenvalue weighted by atomic mass is 9.82. The van der Waals surface area contributed by atoms with Gasteiger partial charge in [-0.15, -0.1) is 0 Å². The van der Waals surface area contributed by atoms with Crippen molar-refractivity contribution in [1.82, 2.24) is 10.2 Å². The van der Waals surface area contributed by atoms with E-state index in [0.29, 0.717) is 0 Å². The molecule has 2 nitrogen and oxygen atoms in total. The molecule has 0 aromatic carbocycles. The normalized spacial score (nSPS) is 40.4. The molecule has 2 aliphatic rings. The highest BCUT2D eigenvalue weighted by atomic mass is 15.2. The first-order chi connectivity index (χ1) is 8.22. The van der Waals surface area contributed by atoms with Crippen LogP contribution in [0, 0.1) is 5.92 Å². The highest BCUT2D eigenvalue weighted by Gasteiger charge is 2.33. The summed E-state index contributed by atoms with van der Waals surface area (Å²) in [6, 6.07) is 2.42. The summed E-state index contributed by atoms with van der Waals surface area (Å²) in [5, 5.41) is 3.62. The fourth-order valence-corrected chi connectivity index (χ4v) is 3.95. The van der Waals surface area contributed by atoms with Crippen LogP contribution < -0.4 is 5.32 Å². The molecule has 1 N–H and O–H groups in total. The molecule has 1 saturated heterocycles. The number of likely N-dealkylation sites (tertiary alicyclic amines) is 1. The summed E-state index contributed by atoms with van der Waals surface area (Å²) < 4.78 is 0. The van der Waals surface area contributed by atoms with Gasteiger partial charge >= 0.3 is 0 Å². The Morgan fingerprint density at radius 3 is 2.53 bits per heavy atom. The van der Waals surface area contributed by atoms with E-state index in [-0.39, 0.29) is 0 Å². The molecule has 1 aliphatic heterocycles. The first-order valence-corrected chi connectivity index (χ1v) is 7.71. The summed E-state index contributed by atoms with van der Waals surface area (Å²) in [6.45, 7) is 9.56. The van der Waals surface area contributed by atoms with Crippen LogP contribution >= 0.6 is 0 Å². The maximum Gasteiger partial charge on any atom is 0.0124 e. The van der Waals surface area contributed by atoms with Crippen LogP contribution in [0.4, 0.5) is 0 Å². The topological polar surface area (TPSA) is 15.3 Å². The molecule has 4 unspecified atom stereocenters. The van der Waals surface area contributed by atoms with Gasteiger partial charge in [-0.05, 0) is 45.1 Å². The van der Waals surface area contributed by atoms with E-state index in [1.807, 2.05) is 0 Å². The summed E-state index contributed by atoms with van der Waals surface area (Å²) in [4.78, 5) is 2.82. The van der Waals surface area contributed by atoms with Gasteiger partial charge in [0.1, 0.15) is 0 Å². The maximum atomic E-state index is 3.62. The number of rotatable bonds is 3. The average molecular weight is 238 g/mol. The molecule has 1 saturated carbocycles. The van der Waals surface area contributed by atoms with Crippen LogP contribution in [0.15, 0.2) is 0 Å². The van der Waals surface area contributed by atoms with Gasteiger partial charge in [-0.3, -0.25) is 4.90 Å². The highest BCUT2D eigenvalue weighted by Crippen LogP contribution is 2.32. The first kappa shape index (κ1) is 13.4. The fraction of sp³-hybridized carbons (Fsp3) is 1.00. The van der Waals surface area contributed by atoms with Crippen molar-refractivity contribution in [1.29, 1.82) is 0 Å². The summed E-state index contributed by atoms with van der Waals surface area (Å²) >= 11 is 0. The second-order valence-electron chi connectivity index (χ2n) is 6.19. The zero-order valence-electron chi connectivity index (χ0n) is 11.9. The third-order valence-corrected chi connectivity index (χ3v) is 4.91. The molecule has 2 heteroatoms. The monoisotopic (exact) mass is 238 g/mol. The quantitative estimate of drug-likeness (QED) is 0.813. The van der Waals surface area contributed by atoms with Crippen LogP contribution in [0.1, 0.15) is 59.3 Å². The molecule has 100 valence electrons. The molecule has 0 bridgehead atoms. The molecule has 0 spiro atoms. The third-order valence-electron chi connectivity index (χ3n) is 4.91. The lowest BCUT2D eigenvalue weighted by molar-refractivity contribution is 0.0411. The average Bonchev–Trinajstić information content (AvgIpc) is 2.31. The molecule has 17 heavy (non-hydrogen) atoms. The van der Waals surface area contributed by atoms with E-state index >= 15 is 0 Å². The van der Waals surface area contributed by atoms with Gasteiger partial charge < -0.3 is 5.32 Å². The minimum atomic E-state index is 0.769. The zero-order valence-corrected chi connectivity index (χ0v) is 11.9. The van der Waals surface area contributed by atoms with E-state index < -0.39 is 0 Å². The van der Waals surface area contributed by atoms with Gasteiger partial charge in [0, 0.05) is 24.7 Å². The van der Waals surface area contributed by atoms with Crippen LogP contribution in [0.5, 0.6) is 0 Å². The summed E-state index contributed by atoms with van der Waals surface area (Å²) in [5.41, 5.74) is 0. The number of piperidine rings is 1. The van der Waals surface area contributed by atoms with Crippen LogP contribution in [-0.4, -0.2) is 36.1 Å². The van der Waals surface area contributed by atoms with Gasteiger partial charge in [0.05, 0.1) is 0 Å². The summed E-state index contributed by atoms with van der Waals surface area (Å²) in [6.07, 6.45) is 8.50. The highest BCUT2D eigenvalue weighted by molar-refractivity contribution is 4.89. The Morgan fingerprint density at radius 2 is 1.88 bits per heavy atom. The van der Waals surface area contributed by atoms with Crippen molar-refractivity contribution >= 4 is 0 Å². The van der Waals surface area contributed by atoms with Gasteiger partial charge in [-0.25, -0.2) is 0 Å². The second kappa shape index (κ2) is 6.19. The minimum Gasteiger partial charge on any atom is -0.314 e. The van der Waals surface area contributed by atoms with Crippen molar-refractivity contribution < 1.29 is 0 Å². The van der Waals surface area contributed by atoms with Crippen molar-refractivity contribution in [3.8, 4) is 0 Å². The first-order valence-electron chi connectivity index (χ1n) is 7.71. The van der Waals surface area contributed by atoms with E-state index in [9.17, 15) is 0 Å². The van der Waals surface area contributed by atoms with Crippen LogP contribution in [0.2, 0.25) is 0 Å². The Hall–Kier alpha value is -0.0800. The maximum absolute atomic E-state index is 3.62. The van der Waals surface area contributed by atoms with Crippen molar-refractivity contribution in [3.05, 3.63) is 0 Å². The standard InChI is InChI=1S/C15H30N2/c1-4-16-14-9-10-17(13(3)11-14)15-8-6-5-7-12(15)2/h12-16H,4-11H2,1-3H3.